The van der Waals surface area contributed by atoms with Crippen molar-refractivity contribution in [2.24, 2.45) is 5.73 Å². The third kappa shape index (κ3) is 2.82. The van der Waals surface area contributed by atoms with Gasteiger partial charge in [0.1, 0.15) is 0 Å². The number of thiophene rings is 1. The van der Waals surface area contributed by atoms with Gasteiger partial charge < -0.3 is 10.6 Å². The van der Waals surface area contributed by atoms with Crippen LogP contribution >= 0.6 is 11.3 Å². The maximum absolute atomic E-state index is 11.5. The highest BCUT2D eigenvalue weighted by Gasteiger charge is 2.13. The first-order chi connectivity index (χ1) is 6.50. The van der Waals surface area contributed by atoms with E-state index in [1.54, 1.807) is 30.2 Å². The summed E-state index contributed by atoms with van der Waals surface area (Å²) < 4.78 is 0. The molecule has 1 aromatic rings. The maximum Gasteiger partial charge on any atom is 0.239 e. The van der Waals surface area contributed by atoms with Gasteiger partial charge >= 0.3 is 0 Å². The Morgan fingerprint density at radius 1 is 1.64 bits per heavy atom. The van der Waals surface area contributed by atoms with E-state index < -0.39 is 6.04 Å². The van der Waals surface area contributed by atoms with Gasteiger partial charge in [0.2, 0.25) is 5.91 Å². The summed E-state index contributed by atoms with van der Waals surface area (Å²) in [6, 6.07) is 3.69. The number of nitrogens with zero attached hydrogens (tertiary/aromatic N) is 1. The van der Waals surface area contributed by atoms with E-state index in [2.05, 4.69) is 13.0 Å². The zero-order chi connectivity index (χ0) is 10.7. The Labute approximate surface area is 88.5 Å². The average Bonchev–Trinajstić information content (AvgIpc) is 2.49. The topological polar surface area (TPSA) is 46.3 Å². The lowest BCUT2D eigenvalue weighted by Gasteiger charge is -2.18. The molecule has 0 aliphatic heterocycles. The number of hydrogen-bond acceptors (Lipinski definition) is 3. The second kappa shape index (κ2) is 4.57. The summed E-state index contributed by atoms with van der Waals surface area (Å²) in [7, 11) is 1.78. The molecule has 0 radical (unpaired) electrons. The third-order valence-electron chi connectivity index (χ3n) is 1.95. The summed E-state index contributed by atoms with van der Waals surface area (Å²) in [4.78, 5) is 15.6. The van der Waals surface area contributed by atoms with Gasteiger partial charge in [0.05, 0.1) is 12.6 Å². The van der Waals surface area contributed by atoms with Crippen molar-refractivity contribution in [3.8, 4) is 0 Å². The number of carbonyl (C=O) groups excluding carboxylic acids is 1. The maximum atomic E-state index is 11.5. The lowest BCUT2D eigenvalue weighted by molar-refractivity contribution is -0.131. The Bertz CT molecular complexity index is 320. The number of aryl methyl sites for hydroxylation is 1. The second-order valence-corrected chi connectivity index (χ2v) is 4.87. The average molecular weight is 212 g/mol. The number of likely N-dealkylation sites (N-methyl/N-ethyl adjacent to an activating group) is 1. The van der Waals surface area contributed by atoms with Gasteiger partial charge in [0.25, 0.3) is 0 Å². The molecule has 1 rings (SSSR count). The zero-order valence-electron chi connectivity index (χ0n) is 8.78. The molecular formula is C10H16N2OS. The van der Waals surface area contributed by atoms with Gasteiger partial charge in [-0.25, -0.2) is 0 Å². The van der Waals surface area contributed by atoms with Gasteiger partial charge in [-0.05, 0) is 26.0 Å². The first kappa shape index (κ1) is 11.2. The lowest BCUT2D eigenvalue weighted by atomic mass is 10.3. The first-order valence-corrected chi connectivity index (χ1v) is 5.38. The SMILES string of the molecule is Cc1ccc(CN(C)C(=O)C(C)N)s1. The minimum absolute atomic E-state index is 0.0175. The van der Waals surface area contributed by atoms with Crippen molar-refractivity contribution in [3.05, 3.63) is 21.9 Å². The van der Waals surface area contributed by atoms with Crippen molar-refractivity contribution < 1.29 is 4.79 Å². The summed E-state index contributed by atoms with van der Waals surface area (Å²) >= 11 is 1.71. The van der Waals surface area contributed by atoms with E-state index in [0.717, 1.165) is 0 Å². The third-order valence-corrected chi connectivity index (χ3v) is 2.94. The molecule has 1 atom stereocenters. The molecule has 2 N–H and O–H groups in total. The van der Waals surface area contributed by atoms with Crippen LogP contribution in [0.5, 0.6) is 0 Å². The largest absolute Gasteiger partial charge is 0.339 e. The molecule has 0 aliphatic rings. The first-order valence-electron chi connectivity index (χ1n) is 4.56. The molecular weight excluding hydrogens is 196 g/mol. The molecule has 1 unspecified atom stereocenters. The van der Waals surface area contributed by atoms with E-state index in [0.29, 0.717) is 6.54 Å². The van der Waals surface area contributed by atoms with Crippen LogP contribution in [-0.4, -0.2) is 23.9 Å². The Hall–Kier alpha value is -0.870. The number of rotatable bonds is 3. The number of carbonyl (C=O) groups is 1. The Morgan fingerprint density at radius 2 is 2.29 bits per heavy atom. The molecule has 1 aromatic heterocycles. The predicted molar refractivity (Wildman–Crippen MR) is 59.2 cm³/mol. The van der Waals surface area contributed by atoms with Crippen LogP contribution in [0.2, 0.25) is 0 Å². The van der Waals surface area contributed by atoms with Crippen LogP contribution in [-0.2, 0) is 11.3 Å². The van der Waals surface area contributed by atoms with Crippen LogP contribution in [0.1, 0.15) is 16.7 Å². The van der Waals surface area contributed by atoms with Gasteiger partial charge in [-0.3, -0.25) is 4.79 Å². The fourth-order valence-electron chi connectivity index (χ4n) is 1.23. The van der Waals surface area contributed by atoms with Gasteiger partial charge in [0, 0.05) is 16.8 Å². The van der Waals surface area contributed by atoms with Gasteiger partial charge in [-0.1, -0.05) is 0 Å². The minimum Gasteiger partial charge on any atom is -0.339 e. The Morgan fingerprint density at radius 3 is 2.71 bits per heavy atom. The second-order valence-electron chi connectivity index (χ2n) is 3.50. The van der Waals surface area contributed by atoms with Gasteiger partial charge in [-0.2, -0.15) is 0 Å². The summed E-state index contributed by atoms with van der Waals surface area (Å²) in [5.41, 5.74) is 5.51. The molecule has 1 heterocycles. The molecule has 0 aromatic carbocycles. The van der Waals surface area contributed by atoms with E-state index in [-0.39, 0.29) is 5.91 Å². The molecule has 0 aliphatic carbocycles. The van der Waals surface area contributed by atoms with Crippen LogP contribution in [0.4, 0.5) is 0 Å². The Balaban J connectivity index is 2.57. The molecule has 14 heavy (non-hydrogen) atoms. The highest BCUT2D eigenvalue weighted by molar-refractivity contribution is 7.11. The molecule has 0 saturated heterocycles. The summed E-state index contributed by atoms with van der Waals surface area (Å²) in [5, 5.41) is 0. The summed E-state index contributed by atoms with van der Waals surface area (Å²) in [6.07, 6.45) is 0. The van der Waals surface area contributed by atoms with Gasteiger partial charge in [-0.15, -0.1) is 11.3 Å². The van der Waals surface area contributed by atoms with Crippen molar-refractivity contribution >= 4 is 17.2 Å². The van der Waals surface area contributed by atoms with E-state index >= 15 is 0 Å². The quantitative estimate of drug-likeness (QED) is 0.822. The molecule has 1 amide bonds. The van der Waals surface area contributed by atoms with Crippen LogP contribution in [0.25, 0.3) is 0 Å². The van der Waals surface area contributed by atoms with E-state index in [1.807, 2.05) is 6.07 Å². The van der Waals surface area contributed by atoms with Crippen molar-refractivity contribution in [2.45, 2.75) is 26.4 Å². The molecule has 0 bridgehead atoms. The predicted octanol–water partition coefficient (Wildman–Crippen LogP) is 1.36. The van der Waals surface area contributed by atoms with E-state index in [9.17, 15) is 4.79 Å². The van der Waals surface area contributed by atoms with Crippen molar-refractivity contribution in [2.75, 3.05) is 7.05 Å². The summed E-state index contributed by atoms with van der Waals surface area (Å²) in [6.45, 7) is 4.42. The van der Waals surface area contributed by atoms with E-state index in [1.165, 1.54) is 9.75 Å². The fraction of sp³-hybridized carbons (Fsp3) is 0.500. The zero-order valence-corrected chi connectivity index (χ0v) is 9.60. The molecule has 3 nitrogen and oxygen atoms in total. The molecule has 4 heteroatoms. The number of hydrogen-bond donors (Lipinski definition) is 1. The van der Waals surface area contributed by atoms with Gasteiger partial charge in [0.15, 0.2) is 0 Å². The van der Waals surface area contributed by atoms with Crippen molar-refractivity contribution in [3.63, 3.8) is 0 Å². The fourth-order valence-corrected chi connectivity index (χ4v) is 2.17. The van der Waals surface area contributed by atoms with E-state index in [4.69, 9.17) is 5.73 Å². The number of nitrogens with two attached hydrogens (primary N) is 1. The lowest BCUT2D eigenvalue weighted by Crippen LogP contribution is -2.39. The van der Waals surface area contributed by atoms with Crippen LogP contribution in [0.15, 0.2) is 12.1 Å². The molecule has 78 valence electrons. The number of amides is 1. The monoisotopic (exact) mass is 212 g/mol. The molecule has 0 saturated carbocycles. The molecule has 0 fully saturated rings. The highest BCUT2D eigenvalue weighted by atomic mass is 32.1. The Kier molecular flexibility index (Phi) is 3.66. The normalized spacial score (nSPS) is 12.6. The highest BCUT2D eigenvalue weighted by Crippen LogP contribution is 2.16. The van der Waals surface area contributed by atoms with Crippen LogP contribution < -0.4 is 5.73 Å². The van der Waals surface area contributed by atoms with Crippen molar-refractivity contribution in [1.29, 1.82) is 0 Å². The van der Waals surface area contributed by atoms with Crippen LogP contribution in [0, 0.1) is 6.92 Å². The smallest absolute Gasteiger partial charge is 0.239 e. The molecule has 0 spiro atoms. The van der Waals surface area contributed by atoms with Crippen molar-refractivity contribution in [1.82, 2.24) is 4.90 Å². The summed E-state index contributed by atoms with van der Waals surface area (Å²) in [5.74, 6) is -0.0175. The standard InChI is InChI=1S/C10H16N2OS/c1-7-4-5-9(14-7)6-12(3)10(13)8(2)11/h4-5,8H,6,11H2,1-3H3. The van der Waals surface area contributed by atoms with Crippen LogP contribution in [0.3, 0.4) is 0 Å². The minimum atomic E-state index is -0.416.